The second-order valence-electron chi connectivity index (χ2n) is 6.32. The molecule has 27 heavy (non-hydrogen) atoms. The molecule has 0 unspecified atom stereocenters. The number of carbonyl (C=O) groups is 1. The number of hydrogen-bond acceptors (Lipinski definition) is 4. The number of alkyl halides is 2. The van der Waals surface area contributed by atoms with Crippen LogP contribution in [0.2, 0.25) is 0 Å². The van der Waals surface area contributed by atoms with Crippen molar-refractivity contribution in [1.82, 2.24) is 15.2 Å². The van der Waals surface area contributed by atoms with Crippen LogP contribution in [0.5, 0.6) is 0 Å². The average Bonchev–Trinajstić information content (AvgIpc) is 2.67. The molecule has 1 aromatic carbocycles. The van der Waals surface area contributed by atoms with Crippen LogP contribution in [0.1, 0.15) is 17.3 Å². The summed E-state index contributed by atoms with van der Waals surface area (Å²) in [6, 6.07) is 2.74. The van der Waals surface area contributed by atoms with Crippen LogP contribution in [0.25, 0.3) is 10.9 Å². The van der Waals surface area contributed by atoms with Gasteiger partial charge in [0.1, 0.15) is 11.4 Å². The van der Waals surface area contributed by atoms with Crippen LogP contribution in [0.4, 0.5) is 18.9 Å². The largest absolute Gasteiger partial charge is 0.367 e. The van der Waals surface area contributed by atoms with E-state index in [-0.39, 0.29) is 10.9 Å². The summed E-state index contributed by atoms with van der Waals surface area (Å²) in [6.07, 6.45) is -1.38. The van der Waals surface area contributed by atoms with Gasteiger partial charge in [0, 0.05) is 44.3 Å². The third kappa shape index (κ3) is 3.92. The summed E-state index contributed by atoms with van der Waals surface area (Å²) in [5.74, 6) is -1.44. The Balaban J connectivity index is 2.09. The predicted molar refractivity (Wildman–Crippen MR) is 97.3 cm³/mol. The lowest BCUT2D eigenvalue weighted by atomic mass is 10.1. The predicted octanol–water partition coefficient (Wildman–Crippen LogP) is 1.56. The van der Waals surface area contributed by atoms with Gasteiger partial charge in [0.15, 0.2) is 0 Å². The standard InChI is InChI=1S/C18H21F3N4O2/c1-2-24-10-12(18(27)23-9-16(20)21)17(26)11-7-13(19)15(8-14(11)24)25-5-3-22-4-6-25/h7-8,10,16,22H,2-6,9H2,1H3,(H,23,27). The van der Waals surface area contributed by atoms with Crippen molar-refractivity contribution in [3.8, 4) is 0 Å². The molecule has 0 atom stereocenters. The number of amides is 1. The monoisotopic (exact) mass is 382 g/mol. The number of aromatic nitrogens is 1. The van der Waals surface area contributed by atoms with E-state index in [4.69, 9.17) is 0 Å². The topological polar surface area (TPSA) is 66.4 Å². The van der Waals surface area contributed by atoms with Crippen molar-refractivity contribution in [2.45, 2.75) is 19.9 Å². The molecule has 1 aromatic heterocycles. The van der Waals surface area contributed by atoms with Gasteiger partial charge in [-0.1, -0.05) is 0 Å². The van der Waals surface area contributed by atoms with E-state index in [1.54, 1.807) is 10.6 Å². The second kappa shape index (κ2) is 7.99. The number of fused-ring (bicyclic) bond motifs is 1. The number of aryl methyl sites for hydroxylation is 1. The van der Waals surface area contributed by atoms with Crippen LogP contribution in [-0.2, 0) is 6.54 Å². The summed E-state index contributed by atoms with van der Waals surface area (Å²) in [6.45, 7) is 4.16. The maximum absolute atomic E-state index is 14.7. The molecule has 1 fully saturated rings. The van der Waals surface area contributed by atoms with Crippen molar-refractivity contribution in [3.05, 3.63) is 39.9 Å². The molecule has 1 saturated heterocycles. The minimum absolute atomic E-state index is 0.0536. The van der Waals surface area contributed by atoms with E-state index in [1.165, 1.54) is 6.20 Å². The highest BCUT2D eigenvalue weighted by atomic mass is 19.3. The molecular formula is C18H21F3N4O2. The van der Waals surface area contributed by atoms with Crippen LogP contribution < -0.4 is 21.0 Å². The molecule has 0 bridgehead atoms. The third-order valence-corrected chi connectivity index (χ3v) is 4.61. The SMILES string of the molecule is CCn1cc(C(=O)NCC(F)F)c(=O)c2cc(F)c(N3CCNCC3)cc21. The van der Waals surface area contributed by atoms with Gasteiger partial charge >= 0.3 is 0 Å². The van der Waals surface area contributed by atoms with E-state index in [9.17, 15) is 22.8 Å². The molecule has 1 amide bonds. The zero-order valence-electron chi connectivity index (χ0n) is 14.9. The normalized spacial score (nSPS) is 14.8. The van der Waals surface area contributed by atoms with Gasteiger partial charge in [0.25, 0.3) is 12.3 Å². The van der Waals surface area contributed by atoms with Gasteiger partial charge in [0.2, 0.25) is 5.43 Å². The number of carbonyl (C=O) groups excluding carboxylic acids is 1. The summed E-state index contributed by atoms with van der Waals surface area (Å²) < 4.78 is 41.0. The Morgan fingerprint density at radius 1 is 1.30 bits per heavy atom. The van der Waals surface area contributed by atoms with Gasteiger partial charge in [-0.25, -0.2) is 13.2 Å². The molecule has 3 rings (SSSR count). The number of rotatable bonds is 5. The molecule has 146 valence electrons. The highest BCUT2D eigenvalue weighted by Gasteiger charge is 2.20. The number of pyridine rings is 1. The van der Waals surface area contributed by atoms with E-state index in [0.29, 0.717) is 30.8 Å². The van der Waals surface area contributed by atoms with E-state index >= 15 is 0 Å². The highest BCUT2D eigenvalue weighted by molar-refractivity contribution is 5.97. The Kier molecular flexibility index (Phi) is 5.69. The molecule has 0 spiro atoms. The Morgan fingerprint density at radius 2 is 2.00 bits per heavy atom. The zero-order valence-corrected chi connectivity index (χ0v) is 14.9. The van der Waals surface area contributed by atoms with Gasteiger partial charge in [-0.05, 0) is 19.1 Å². The van der Waals surface area contributed by atoms with Crippen molar-refractivity contribution < 1.29 is 18.0 Å². The van der Waals surface area contributed by atoms with Crippen molar-refractivity contribution in [3.63, 3.8) is 0 Å². The first kappa shape index (κ1) is 19.2. The van der Waals surface area contributed by atoms with Gasteiger partial charge in [-0.15, -0.1) is 0 Å². The Labute approximate surface area is 154 Å². The number of anilines is 1. The average molecular weight is 382 g/mol. The van der Waals surface area contributed by atoms with Crippen LogP contribution >= 0.6 is 0 Å². The highest BCUT2D eigenvalue weighted by Crippen LogP contribution is 2.25. The molecular weight excluding hydrogens is 361 g/mol. The smallest absolute Gasteiger partial charge is 0.256 e. The van der Waals surface area contributed by atoms with Crippen LogP contribution in [-0.4, -0.2) is 49.6 Å². The minimum Gasteiger partial charge on any atom is -0.367 e. The first-order valence-corrected chi connectivity index (χ1v) is 8.81. The van der Waals surface area contributed by atoms with Crippen molar-refractivity contribution in [1.29, 1.82) is 0 Å². The fourth-order valence-corrected chi connectivity index (χ4v) is 3.24. The lowest BCUT2D eigenvalue weighted by molar-refractivity contribution is 0.0890. The lowest BCUT2D eigenvalue weighted by Gasteiger charge is -2.30. The lowest BCUT2D eigenvalue weighted by Crippen LogP contribution is -2.44. The van der Waals surface area contributed by atoms with Crippen molar-refractivity contribution in [2.75, 3.05) is 37.6 Å². The van der Waals surface area contributed by atoms with E-state index < -0.39 is 30.1 Å². The molecule has 1 aliphatic heterocycles. The summed E-state index contributed by atoms with van der Waals surface area (Å²) in [4.78, 5) is 26.7. The maximum Gasteiger partial charge on any atom is 0.256 e. The molecule has 2 N–H and O–H groups in total. The number of halogens is 3. The number of piperazine rings is 1. The molecule has 9 heteroatoms. The summed E-state index contributed by atoms with van der Waals surface area (Å²) in [5.41, 5.74) is -0.0464. The number of nitrogens with one attached hydrogen (secondary N) is 2. The first-order chi connectivity index (χ1) is 12.9. The van der Waals surface area contributed by atoms with Gasteiger partial charge in [0.05, 0.1) is 17.7 Å². The Morgan fingerprint density at radius 3 is 2.63 bits per heavy atom. The van der Waals surface area contributed by atoms with Gasteiger partial charge in [-0.2, -0.15) is 0 Å². The summed E-state index contributed by atoms with van der Waals surface area (Å²) in [7, 11) is 0. The molecule has 0 saturated carbocycles. The first-order valence-electron chi connectivity index (χ1n) is 8.81. The van der Waals surface area contributed by atoms with Crippen LogP contribution in [0.3, 0.4) is 0 Å². The number of hydrogen-bond donors (Lipinski definition) is 2. The van der Waals surface area contributed by atoms with Gasteiger partial charge in [-0.3, -0.25) is 9.59 Å². The molecule has 2 heterocycles. The fraction of sp³-hybridized carbons (Fsp3) is 0.444. The minimum atomic E-state index is -2.72. The van der Waals surface area contributed by atoms with E-state index in [0.717, 1.165) is 19.2 Å². The van der Waals surface area contributed by atoms with Crippen LogP contribution in [0, 0.1) is 5.82 Å². The fourth-order valence-electron chi connectivity index (χ4n) is 3.24. The number of benzene rings is 1. The van der Waals surface area contributed by atoms with E-state index in [2.05, 4.69) is 5.32 Å². The summed E-state index contributed by atoms with van der Waals surface area (Å²) in [5, 5.41) is 5.27. The molecule has 1 aliphatic rings. The van der Waals surface area contributed by atoms with Crippen LogP contribution in [0.15, 0.2) is 23.1 Å². The molecule has 0 aliphatic carbocycles. The quantitative estimate of drug-likeness (QED) is 0.824. The second-order valence-corrected chi connectivity index (χ2v) is 6.32. The number of nitrogens with zero attached hydrogens (tertiary/aromatic N) is 2. The zero-order chi connectivity index (χ0) is 19.6. The van der Waals surface area contributed by atoms with Crippen molar-refractivity contribution in [2.24, 2.45) is 0 Å². The molecule has 2 aromatic rings. The maximum atomic E-state index is 14.7. The molecule has 6 nitrogen and oxygen atoms in total. The van der Waals surface area contributed by atoms with E-state index in [1.807, 2.05) is 17.1 Å². The third-order valence-electron chi connectivity index (χ3n) is 4.61. The summed E-state index contributed by atoms with van der Waals surface area (Å²) >= 11 is 0. The van der Waals surface area contributed by atoms with Crippen molar-refractivity contribution >= 4 is 22.5 Å². The Bertz CT molecular complexity index is 908. The Hall–Kier alpha value is -2.55. The van der Waals surface area contributed by atoms with Gasteiger partial charge < -0.3 is 20.1 Å². The molecule has 0 radical (unpaired) electrons.